The molecule has 2 aromatic carbocycles. The van der Waals surface area contributed by atoms with Crippen molar-refractivity contribution in [2.24, 2.45) is 0 Å². The molecule has 2 rings (SSSR count). The number of phenolic OH excluding ortho intramolecular Hbond substituents is 1. The summed E-state index contributed by atoms with van der Waals surface area (Å²) in [6, 6.07) is 15.7. The van der Waals surface area contributed by atoms with Gasteiger partial charge < -0.3 is 5.11 Å². The molecule has 0 aromatic heterocycles. The van der Waals surface area contributed by atoms with Crippen molar-refractivity contribution in [2.45, 2.75) is 23.1 Å². The van der Waals surface area contributed by atoms with Crippen LogP contribution < -0.4 is 0 Å². The predicted molar refractivity (Wildman–Crippen MR) is 68.0 cm³/mol. The molecular formula is C14H14OS. The van der Waals surface area contributed by atoms with E-state index in [1.807, 2.05) is 30.3 Å². The average Bonchev–Trinajstić information content (AvgIpc) is 2.33. The molecule has 0 amide bonds. The zero-order chi connectivity index (χ0) is 11.4. The molecule has 2 aromatic rings. The van der Waals surface area contributed by atoms with Gasteiger partial charge in [-0.2, -0.15) is 0 Å². The zero-order valence-electron chi connectivity index (χ0n) is 9.18. The highest BCUT2D eigenvalue weighted by Gasteiger charge is 2.05. The van der Waals surface area contributed by atoms with E-state index < -0.39 is 0 Å². The van der Waals surface area contributed by atoms with Gasteiger partial charge in [0.25, 0.3) is 0 Å². The first-order valence-corrected chi connectivity index (χ1v) is 6.16. The molecular weight excluding hydrogens is 216 g/mol. The van der Waals surface area contributed by atoms with Crippen molar-refractivity contribution >= 4 is 11.8 Å². The number of rotatable bonds is 3. The van der Waals surface area contributed by atoms with E-state index in [-0.39, 0.29) is 0 Å². The maximum absolute atomic E-state index is 9.71. The van der Waals surface area contributed by atoms with E-state index in [0.717, 1.165) is 11.3 Å². The second kappa shape index (κ2) is 5.08. The molecule has 0 heterocycles. The summed E-state index contributed by atoms with van der Waals surface area (Å²) in [5, 5.41) is 9.71. The first-order valence-electron chi connectivity index (χ1n) is 5.35. The van der Waals surface area contributed by atoms with E-state index in [0.29, 0.717) is 5.75 Å². The number of benzene rings is 2. The van der Waals surface area contributed by atoms with Gasteiger partial charge in [0.05, 0.1) is 4.90 Å². The standard InChI is InChI=1S/C14H14OS/c1-2-11-7-3-5-9-13(11)16-14-10-6-4-8-12(14)15/h3-10,15H,2H2,1H3. The molecule has 16 heavy (non-hydrogen) atoms. The summed E-state index contributed by atoms with van der Waals surface area (Å²) in [6.45, 7) is 2.14. The van der Waals surface area contributed by atoms with Gasteiger partial charge in [0.2, 0.25) is 0 Å². The molecule has 0 bridgehead atoms. The molecule has 0 unspecified atom stereocenters. The molecule has 1 nitrogen and oxygen atoms in total. The lowest BCUT2D eigenvalue weighted by molar-refractivity contribution is 0.462. The monoisotopic (exact) mass is 230 g/mol. The van der Waals surface area contributed by atoms with E-state index in [2.05, 4.69) is 19.1 Å². The van der Waals surface area contributed by atoms with Crippen molar-refractivity contribution in [3.63, 3.8) is 0 Å². The second-order valence-electron chi connectivity index (χ2n) is 3.53. The van der Waals surface area contributed by atoms with Gasteiger partial charge in [0, 0.05) is 4.90 Å². The second-order valence-corrected chi connectivity index (χ2v) is 4.61. The molecule has 82 valence electrons. The number of hydrogen-bond donors (Lipinski definition) is 1. The van der Waals surface area contributed by atoms with Gasteiger partial charge in [-0.05, 0) is 30.2 Å². The van der Waals surface area contributed by atoms with Crippen LogP contribution in [0.2, 0.25) is 0 Å². The maximum atomic E-state index is 9.71. The third-order valence-corrected chi connectivity index (χ3v) is 3.62. The minimum absolute atomic E-state index is 0.346. The normalized spacial score (nSPS) is 10.3. The van der Waals surface area contributed by atoms with E-state index in [1.54, 1.807) is 17.8 Å². The summed E-state index contributed by atoms with van der Waals surface area (Å²) in [5.74, 6) is 0.346. The molecule has 0 saturated heterocycles. The summed E-state index contributed by atoms with van der Waals surface area (Å²) in [5.41, 5.74) is 1.32. The van der Waals surface area contributed by atoms with Crippen LogP contribution in [0.25, 0.3) is 0 Å². The summed E-state index contributed by atoms with van der Waals surface area (Å²) < 4.78 is 0. The van der Waals surface area contributed by atoms with Crippen molar-refractivity contribution < 1.29 is 5.11 Å². The summed E-state index contributed by atoms with van der Waals surface area (Å²) >= 11 is 1.62. The lowest BCUT2D eigenvalue weighted by Gasteiger charge is -2.08. The van der Waals surface area contributed by atoms with Crippen LogP contribution in [-0.2, 0) is 6.42 Å². The molecule has 0 aliphatic heterocycles. The number of phenols is 1. The summed E-state index contributed by atoms with van der Waals surface area (Å²) in [6.07, 6.45) is 1.01. The van der Waals surface area contributed by atoms with Crippen molar-refractivity contribution in [3.05, 3.63) is 54.1 Å². The average molecular weight is 230 g/mol. The fourth-order valence-electron chi connectivity index (χ4n) is 1.56. The number of para-hydroxylation sites is 1. The van der Waals surface area contributed by atoms with Crippen LogP contribution in [0.1, 0.15) is 12.5 Å². The Kier molecular flexibility index (Phi) is 3.52. The Morgan fingerprint density at radius 2 is 1.56 bits per heavy atom. The highest BCUT2D eigenvalue weighted by Crippen LogP contribution is 2.35. The van der Waals surface area contributed by atoms with Crippen LogP contribution in [0.4, 0.5) is 0 Å². The first-order chi connectivity index (χ1) is 7.81. The molecule has 0 aliphatic rings. The third-order valence-electron chi connectivity index (χ3n) is 2.44. The fraction of sp³-hybridized carbons (Fsp3) is 0.143. The molecule has 0 saturated carbocycles. The van der Waals surface area contributed by atoms with Crippen LogP contribution in [-0.4, -0.2) is 5.11 Å². The Hall–Kier alpha value is -1.41. The molecule has 0 radical (unpaired) electrons. The van der Waals surface area contributed by atoms with Crippen molar-refractivity contribution in [1.29, 1.82) is 0 Å². The number of aromatic hydroxyl groups is 1. The van der Waals surface area contributed by atoms with E-state index in [1.165, 1.54) is 10.5 Å². The highest BCUT2D eigenvalue weighted by atomic mass is 32.2. The summed E-state index contributed by atoms with van der Waals surface area (Å²) in [7, 11) is 0. The molecule has 0 atom stereocenters. The lowest BCUT2D eigenvalue weighted by atomic mass is 10.2. The number of aryl methyl sites for hydroxylation is 1. The van der Waals surface area contributed by atoms with Gasteiger partial charge in [-0.25, -0.2) is 0 Å². The van der Waals surface area contributed by atoms with Gasteiger partial charge >= 0.3 is 0 Å². The van der Waals surface area contributed by atoms with Crippen molar-refractivity contribution in [2.75, 3.05) is 0 Å². The fourth-order valence-corrected chi connectivity index (χ4v) is 2.60. The largest absolute Gasteiger partial charge is 0.507 e. The van der Waals surface area contributed by atoms with E-state index >= 15 is 0 Å². The Morgan fingerprint density at radius 1 is 0.938 bits per heavy atom. The minimum atomic E-state index is 0.346. The Bertz CT molecular complexity index is 480. The molecule has 1 N–H and O–H groups in total. The quantitative estimate of drug-likeness (QED) is 0.856. The van der Waals surface area contributed by atoms with Crippen LogP contribution in [0.15, 0.2) is 58.3 Å². The maximum Gasteiger partial charge on any atom is 0.129 e. The Labute approximate surface area is 100 Å². The van der Waals surface area contributed by atoms with Crippen LogP contribution in [0.5, 0.6) is 5.75 Å². The van der Waals surface area contributed by atoms with E-state index in [4.69, 9.17) is 0 Å². The summed E-state index contributed by atoms with van der Waals surface area (Å²) in [4.78, 5) is 2.12. The molecule has 0 spiro atoms. The Balaban J connectivity index is 2.30. The van der Waals surface area contributed by atoms with Crippen LogP contribution in [0.3, 0.4) is 0 Å². The van der Waals surface area contributed by atoms with Crippen LogP contribution >= 0.6 is 11.8 Å². The van der Waals surface area contributed by atoms with Gasteiger partial charge in [-0.1, -0.05) is 49.0 Å². The topological polar surface area (TPSA) is 20.2 Å². The Morgan fingerprint density at radius 3 is 2.25 bits per heavy atom. The van der Waals surface area contributed by atoms with Gasteiger partial charge in [0.1, 0.15) is 5.75 Å². The highest BCUT2D eigenvalue weighted by molar-refractivity contribution is 7.99. The molecule has 2 heteroatoms. The minimum Gasteiger partial charge on any atom is -0.507 e. The van der Waals surface area contributed by atoms with Gasteiger partial charge in [-0.15, -0.1) is 0 Å². The van der Waals surface area contributed by atoms with Crippen molar-refractivity contribution in [1.82, 2.24) is 0 Å². The third kappa shape index (κ3) is 2.39. The lowest BCUT2D eigenvalue weighted by Crippen LogP contribution is -1.84. The SMILES string of the molecule is CCc1ccccc1Sc1ccccc1O. The van der Waals surface area contributed by atoms with Gasteiger partial charge in [0.15, 0.2) is 0 Å². The predicted octanol–water partition coefficient (Wildman–Crippen LogP) is 4.11. The zero-order valence-corrected chi connectivity index (χ0v) is 10.00. The smallest absolute Gasteiger partial charge is 0.129 e. The molecule has 0 fully saturated rings. The van der Waals surface area contributed by atoms with Crippen molar-refractivity contribution in [3.8, 4) is 5.75 Å². The van der Waals surface area contributed by atoms with Crippen LogP contribution in [0, 0.1) is 0 Å². The van der Waals surface area contributed by atoms with Gasteiger partial charge in [-0.3, -0.25) is 0 Å². The number of hydrogen-bond acceptors (Lipinski definition) is 2. The molecule has 0 aliphatic carbocycles. The van der Waals surface area contributed by atoms with E-state index in [9.17, 15) is 5.11 Å². The first kappa shape index (κ1) is 11.1.